The first kappa shape index (κ1) is 14.7. The molecule has 0 spiro atoms. The Kier molecular flexibility index (Phi) is 4.32. The topological polar surface area (TPSA) is 97.5 Å². The molecule has 2 rings (SSSR count). The van der Waals surface area contributed by atoms with E-state index in [4.69, 9.17) is 9.47 Å². The van der Waals surface area contributed by atoms with E-state index in [1.54, 1.807) is 31.2 Å². The second-order valence-corrected chi connectivity index (χ2v) is 4.17. The Balaban J connectivity index is 2.20. The first-order valence-electron chi connectivity index (χ1n) is 6.27. The second kappa shape index (κ2) is 6.17. The highest BCUT2D eigenvalue weighted by atomic mass is 16.5. The van der Waals surface area contributed by atoms with E-state index in [0.29, 0.717) is 11.3 Å². The van der Waals surface area contributed by atoms with Crippen LogP contribution in [0.2, 0.25) is 0 Å². The van der Waals surface area contributed by atoms with Crippen molar-refractivity contribution >= 4 is 11.8 Å². The van der Waals surface area contributed by atoms with Gasteiger partial charge in [0, 0.05) is 5.56 Å². The molecule has 1 unspecified atom stereocenters. The molecule has 1 atom stereocenters. The van der Waals surface area contributed by atoms with Crippen molar-refractivity contribution in [2.45, 2.75) is 13.0 Å². The molecular weight excluding hydrogens is 276 g/mol. The minimum Gasteiger partial charge on any atom is -0.507 e. The summed E-state index contributed by atoms with van der Waals surface area (Å²) in [5, 5.41) is 17.1. The summed E-state index contributed by atoms with van der Waals surface area (Å²) in [6.45, 7) is 1.77. The first-order chi connectivity index (χ1) is 10.1. The van der Waals surface area contributed by atoms with Gasteiger partial charge in [0.15, 0.2) is 17.6 Å². The van der Waals surface area contributed by atoms with Crippen molar-refractivity contribution in [3.8, 4) is 5.75 Å². The molecule has 0 saturated heterocycles. The third kappa shape index (κ3) is 2.91. The maximum atomic E-state index is 12.2. The summed E-state index contributed by atoms with van der Waals surface area (Å²) >= 11 is 0. The van der Waals surface area contributed by atoms with E-state index in [9.17, 15) is 14.7 Å². The number of esters is 1. The van der Waals surface area contributed by atoms with Gasteiger partial charge in [0.2, 0.25) is 5.70 Å². The molecule has 0 aliphatic carbocycles. The number of carbonyl (C=O) groups excluding carboxylic acids is 2. The number of hydrogen-bond donors (Lipinski definition) is 1. The average molecular weight is 290 g/mol. The van der Waals surface area contributed by atoms with Gasteiger partial charge in [-0.15, -0.1) is 5.11 Å². The van der Waals surface area contributed by atoms with E-state index in [1.807, 2.05) is 0 Å². The number of carbonyl (C=O) groups is 2. The van der Waals surface area contributed by atoms with Crippen molar-refractivity contribution in [1.29, 1.82) is 0 Å². The largest absolute Gasteiger partial charge is 0.507 e. The predicted octanol–water partition coefficient (Wildman–Crippen LogP) is 2.04. The Hall–Kier alpha value is -2.70. The summed E-state index contributed by atoms with van der Waals surface area (Å²) in [7, 11) is 1.52. The minimum absolute atomic E-state index is 0.141. The SMILES string of the molecule is CCOC(=O)C1=C(O)C(C(=O)c2ccc(OC)cc2)N=N1. The van der Waals surface area contributed by atoms with Crippen molar-refractivity contribution in [3.05, 3.63) is 41.3 Å². The molecule has 0 bridgehead atoms. The molecule has 1 N–H and O–H groups in total. The van der Waals surface area contributed by atoms with Gasteiger partial charge in [0.05, 0.1) is 13.7 Å². The van der Waals surface area contributed by atoms with E-state index in [1.165, 1.54) is 7.11 Å². The molecule has 110 valence electrons. The van der Waals surface area contributed by atoms with Gasteiger partial charge in [0.25, 0.3) is 0 Å². The lowest BCUT2D eigenvalue weighted by Crippen LogP contribution is -2.20. The molecule has 1 aromatic carbocycles. The molecular formula is C14H14N2O5. The van der Waals surface area contributed by atoms with Gasteiger partial charge in [-0.2, -0.15) is 5.11 Å². The van der Waals surface area contributed by atoms with Crippen LogP contribution in [0, 0.1) is 0 Å². The van der Waals surface area contributed by atoms with Crippen LogP contribution in [-0.2, 0) is 9.53 Å². The Morgan fingerprint density at radius 2 is 1.95 bits per heavy atom. The molecule has 0 amide bonds. The maximum Gasteiger partial charge on any atom is 0.362 e. The first-order valence-corrected chi connectivity index (χ1v) is 6.27. The molecule has 0 radical (unpaired) electrons. The van der Waals surface area contributed by atoms with Crippen LogP contribution in [0.1, 0.15) is 17.3 Å². The summed E-state index contributed by atoms with van der Waals surface area (Å²) in [6, 6.07) is 5.12. The van der Waals surface area contributed by atoms with Gasteiger partial charge in [-0.25, -0.2) is 4.79 Å². The van der Waals surface area contributed by atoms with Gasteiger partial charge in [-0.1, -0.05) is 0 Å². The number of aliphatic hydroxyl groups excluding tert-OH is 1. The van der Waals surface area contributed by atoms with Crippen molar-refractivity contribution in [1.82, 2.24) is 0 Å². The molecule has 21 heavy (non-hydrogen) atoms. The highest BCUT2D eigenvalue weighted by Crippen LogP contribution is 2.24. The zero-order valence-electron chi connectivity index (χ0n) is 11.6. The lowest BCUT2D eigenvalue weighted by molar-refractivity contribution is -0.138. The standard InChI is InChI=1S/C14H14N2O5/c1-3-21-14(19)11-13(18)10(15-16-11)12(17)8-4-6-9(20-2)7-5-8/h4-7,10,18H,3H2,1-2H3. The van der Waals surface area contributed by atoms with E-state index >= 15 is 0 Å². The Morgan fingerprint density at radius 1 is 1.29 bits per heavy atom. The van der Waals surface area contributed by atoms with Crippen LogP contribution in [0.4, 0.5) is 0 Å². The minimum atomic E-state index is -1.21. The van der Waals surface area contributed by atoms with Gasteiger partial charge in [-0.05, 0) is 31.2 Å². The monoisotopic (exact) mass is 290 g/mol. The summed E-state index contributed by atoms with van der Waals surface area (Å²) < 4.78 is 9.72. The van der Waals surface area contributed by atoms with Crippen LogP contribution in [0.3, 0.4) is 0 Å². The smallest absolute Gasteiger partial charge is 0.362 e. The fraction of sp³-hybridized carbons (Fsp3) is 0.286. The molecule has 0 aromatic heterocycles. The molecule has 7 nitrogen and oxygen atoms in total. The number of ketones is 1. The summed E-state index contributed by atoms with van der Waals surface area (Å²) in [6.07, 6.45) is 0. The van der Waals surface area contributed by atoms with Crippen molar-refractivity contribution in [2.75, 3.05) is 13.7 Å². The zero-order chi connectivity index (χ0) is 15.4. The number of nitrogens with zero attached hydrogens (tertiary/aromatic N) is 2. The third-order valence-corrected chi connectivity index (χ3v) is 2.87. The van der Waals surface area contributed by atoms with Crippen LogP contribution in [0.15, 0.2) is 46.0 Å². The fourth-order valence-corrected chi connectivity index (χ4v) is 1.79. The summed E-state index contributed by atoms with van der Waals surface area (Å²) in [5.74, 6) is -1.15. The Bertz CT molecular complexity index is 619. The molecule has 1 aliphatic rings. The normalized spacial score (nSPS) is 17.0. The lowest BCUT2D eigenvalue weighted by atomic mass is 10.0. The summed E-state index contributed by atoms with van der Waals surface area (Å²) in [4.78, 5) is 23.8. The van der Waals surface area contributed by atoms with E-state index in [-0.39, 0.29) is 12.3 Å². The van der Waals surface area contributed by atoms with Crippen molar-refractivity contribution in [2.24, 2.45) is 10.2 Å². The van der Waals surface area contributed by atoms with Crippen molar-refractivity contribution < 1.29 is 24.2 Å². The van der Waals surface area contributed by atoms with Crippen LogP contribution >= 0.6 is 0 Å². The highest BCUT2D eigenvalue weighted by molar-refractivity contribution is 6.03. The fourth-order valence-electron chi connectivity index (χ4n) is 1.79. The van der Waals surface area contributed by atoms with Gasteiger partial charge in [0.1, 0.15) is 5.75 Å². The highest BCUT2D eigenvalue weighted by Gasteiger charge is 2.34. The number of hydrogen-bond acceptors (Lipinski definition) is 7. The van der Waals surface area contributed by atoms with Crippen LogP contribution < -0.4 is 4.74 Å². The van der Waals surface area contributed by atoms with Crippen LogP contribution in [0.5, 0.6) is 5.75 Å². The second-order valence-electron chi connectivity index (χ2n) is 4.17. The molecule has 1 aliphatic heterocycles. The number of azo groups is 1. The van der Waals surface area contributed by atoms with Gasteiger partial charge in [-0.3, -0.25) is 4.79 Å². The van der Waals surface area contributed by atoms with Gasteiger partial charge >= 0.3 is 5.97 Å². The summed E-state index contributed by atoms with van der Waals surface area (Å²) in [5.41, 5.74) is 0.000112. The molecule has 0 saturated carbocycles. The average Bonchev–Trinajstić information content (AvgIpc) is 2.88. The number of aliphatic hydroxyl groups is 1. The number of Topliss-reactive ketones (excluding diaryl/α,β-unsaturated/α-hetero) is 1. The van der Waals surface area contributed by atoms with E-state index < -0.39 is 23.6 Å². The Morgan fingerprint density at radius 3 is 2.52 bits per heavy atom. The van der Waals surface area contributed by atoms with E-state index in [0.717, 1.165) is 0 Å². The van der Waals surface area contributed by atoms with Gasteiger partial charge < -0.3 is 14.6 Å². The van der Waals surface area contributed by atoms with Crippen molar-refractivity contribution in [3.63, 3.8) is 0 Å². The number of ether oxygens (including phenoxy) is 2. The number of benzene rings is 1. The zero-order valence-corrected chi connectivity index (χ0v) is 11.6. The lowest BCUT2D eigenvalue weighted by Gasteiger charge is -2.07. The number of methoxy groups -OCH3 is 1. The molecule has 1 heterocycles. The van der Waals surface area contributed by atoms with Crippen LogP contribution in [0.25, 0.3) is 0 Å². The number of rotatable bonds is 5. The predicted molar refractivity (Wildman–Crippen MR) is 72.3 cm³/mol. The van der Waals surface area contributed by atoms with Crippen LogP contribution in [-0.4, -0.2) is 36.6 Å². The third-order valence-electron chi connectivity index (χ3n) is 2.87. The maximum absolute atomic E-state index is 12.2. The quantitative estimate of drug-likeness (QED) is 0.661. The molecule has 0 fully saturated rings. The Labute approximate surface area is 120 Å². The molecule has 7 heteroatoms. The molecule has 1 aromatic rings. The van der Waals surface area contributed by atoms with E-state index in [2.05, 4.69) is 10.2 Å².